The van der Waals surface area contributed by atoms with Gasteiger partial charge in [0.25, 0.3) is 5.91 Å². The largest absolute Gasteiger partial charge is 0.468 e. The molecule has 2 atom stereocenters. The summed E-state index contributed by atoms with van der Waals surface area (Å²) in [6.45, 7) is 7.43. The number of hydrogen-bond acceptors (Lipinski definition) is 7. The number of amides is 1. The van der Waals surface area contributed by atoms with Crippen LogP contribution in [0.2, 0.25) is 0 Å². The maximum atomic E-state index is 11.8. The Morgan fingerprint density at radius 3 is 1.96 bits per heavy atom. The second-order valence-electron chi connectivity index (χ2n) is 6.25. The highest BCUT2D eigenvalue weighted by Crippen LogP contribution is 2.05. The van der Waals surface area contributed by atoms with Crippen LogP contribution in [0.4, 0.5) is 0 Å². The van der Waals surface area contributed by atoms with E-state index in [0.29, 0.717) is 5.56 Å². The van der Waals surface area contributed by atoms with E-state index in [1.165, 1.54) is 20.4 Å². The Morgan fingerprint density at radius 1 is 1.04 bits per heavy atom. The molecule has 0 fully saturated rings. The number of nitrogens with zero attached hydrogens (tertiary/aromatic N) is 1. The first kappa shape index (κ1) is 23.5. The van der Waals surface area contributed by atoms with E-state index in [1.54, 1.807) is 18.3 Å². The van der Waals surface area contributed by atoms with Gasteiger partial charge in [-0.2, -0.15) is 0 Å². The van der Waals surface area contributed by atoms with Crippen molar-refractivity contribution in [2.75, 3.05) is 14.2 Å². The summed E-state index contributed by atoms with van der Waals surface area (Å²) in [4.78, 5) is 37.7. The van der Waals surface area contributed by atoms with Crippen LogP contribution in [0.15, 0.2) is 24.5 Å². The van der Waals surface area contributed by atoms with Crippen LogP contribution >= 0.6 is 0 Å². The highest BCUT2D eigenvalue weighted by Gasteiger charge is 2.25. The molecular weight excluding hydrogens is 338 g/mol. The summed E-state index contributed by atoms with van der Waals surface area (Å²) >= 11 is 0. The second-order valence-corrected chi connectivity index (χ2v) is 6.25. The van der Waals surface area contributed by atoms with Gasteiger partial charge >= 0.3 is 11.9 Å². The summed E-state index contributed by atoms with van der Waals surface area (Å²) in [6.07, 6.45) is 3.03. The lowest BCUT2D eigenvalue weighted by atomic mass is 10.0. The summed E-state index contributed by atoms with van der Waals surface area (Å²) in [5, 5.41) is 2.63. The molecule has 0 spiro atoms. The summed E-state index contributed by atoms with van der Waals surface area (Å²) in [7, 11) is 2.64. The Morgan fingerprint density at radius 2 is 1.62 bits per heavy atom. The Balaban J connectivity index is 0.000000590. The van der Waals surface area contributed by atoms with Crippen molar-refractivity contribution < 1.29 is 23.9 Å². The minimum absolute atomic E-state index is 0.0388. The number of methoxy groups -OCH3 is 2. The number of rotatable bonds is 6. The van der Waals surface area contributed by atoms with E-state index in [-0.39, 0.29) is 23.7 Å². The molecule has 0 saturated carbocycles. The van der Waals surface area contributed by atoms with Crippen molar-refractivity contribution in [3.8, 4) is 0 Å². The van der Waals surface area contributed by atoms with Gasteiger partial charge in [0.05, 0.1) is 19.8 Å². The molecule has 1 heterocycles. The van der Waals surface area contributed by atoms with Crippen molar-refractivity contribution in [1.82, 2.24) is 10.3 Å². The monoisotopic (exact) mass is 367 g/mol. The van der Waals surface area contributed by atoms with E-state index < -0.39 is 18.1 Å². The van der Waals surface area contributed by atoms with E-state index in [2.05, 4.69) is 19.8 Å². The molecule has 0 aromatic carbocycles. The molecule has 0 aliphatic carbocycles. The molecule has 1 amide bonds. The van der Waals surface area contributed by atoms with Crippen LogP contribution in [0.1, 0.15) is 38.1 Å². The molecule has 0 aliphatic heterocycles. The molecule has 3 N–H and O–H groups in total. The molecule has 0 aliphatic rings. The first-order valence-electron chi connectivity index (χ1n) is 8.27. The van der Waals surface area contributed by atoms with Crippen LogP contribution in [-0.4, -0.2) is 49.1 Å². The lowest BCUT2D eigenvalue weighted by molar-refractivity contribution is -0.144. The third-order valence-corrected chi connectivity index (χ3v) is 3.52. The molecule has 1 rings (SSSR count). The number of hydrogen-bond donors (Lipinski definition) is 2. The van der Waals surface area contributed by atoms with Crippen molar-refractivity contribution in [3.63, 3.8) is 0 Å². The highest BCUT2D eigenvalue weighted by atomic mass is 16.5. The Kier molecular flexibility index (Phi) is 10.8. The number of carbonyl (C=O) groups is 3. The molecular formula is C18H29N3O5. The van der Waals surface area contributed by atoms with Crippen molar-refractivity contribution in [3.05, 3.63) is 30.1 Å². The molecule has 8 nitrogen and oxygen atoms in total. The Hall–Kier alpha value is -2.48. The maximum absolute atomic E-state index is 11.8. The van der Waals surface area contributed by atoms with Crippen molar-refractivity contribution in [1.29, 1.82) is 0 Å². The van der Waals surface area contributed by atoms with Gasteiger partial charge in [-0.3, -0.25) is 14.6 Å². The standard InChI is InChI=1S/C12H16N2O3.C6H13NO2/c1-8(2)10(12(16)17-3)14-11(15)9-5-4-6-13-7-9;1-4(2)5(7)6(8)9-3/h4-8,10H,1-3H3,(H,14,15);4-5H,7H2,1-3H3. The van der Waals surface area contributed by atoms with E-state index in [1.807, 2.05) is 27.7 Å². The molecule has 0 radical (unpaired) electrons. The van der Waals surface area contributed by atoms with Gasteiger partial charge in [0.1, 0.15) is 12.1 Å². The van der Waals surface area contributed by atoms with Crippen LogP contribution in [0.25, 0.3) is 0 Å². The van der Waals surface area contributed by atoms with Crippen molar-refractivity contribution in [2.24, 2.45) is 17.6 Å². The predicted octanol–water partition coefficient (Wildman–Crippen LogP) is 1.15. The van der Waals surface area contributed by atoms with E-state index in [9.17, 15) is 14.4 Å². The zero-order valence-electron chi connectivity index (χ0n) is 16.2. The summed E-state index contributed by atoms with van der Waals surface area (Å²) in [6, 6.07) is 2.18. The summed E-state index contributed by atoms with van der Waals surface area (Å²) in [5.41, 5.74) is 5.81. The van der Waals surface area contributed by atoms with Gasteiger partial charge in [0.15, 0.2) is 0 Å². The number of pyridine rings is 1. The van der Waals surface area contributed by atoms with Gasteiger partial charge in [0.2, 0.25) is 0 Å². The van der Waals surface area contributed by atoms with Crippen LogP contribution in [-0.2, 0) is 19.1 Å². The molecule has 26 heavy (non-hydrogen) atoms. The predicted molar refractivity (Wildman–Crippen MR) is 97.2 cm³/mol. The van der Waals surface area contributed by atoms with E-state index in [4.69, 9.17) is 5.73 Å². The van der Waals surface area contributed by atoms with Crippen molar-refractivity contribution >= 4 is 17.8 Å². The maximum Gasteiger partial charge on any atom is 0.328 e. The van der Waals surface area contributed by atoms with Gasteiger partial charge in [-0.1, -0.05) is 27.7 Å². The van der Waals surface area contributed by atoms with Crippen LogP contribution in [0.5, 0.6) is 0 Å². The molecule has 1 aromatic heterocycles. The van der Waals surface area contributed by atoms with Gasteiger partial charge in [-0.15, -0.1) is 0 Å². The third-order valence-electron chi connectivity index (χ3n) is 3.52. The lowest BCUT2D eigenvalue weighted by Crippen LogP contribution is -2.45. The number of esters is 2. The average Bonchev–Trinajstić information content (AvgIpc) is 2.64. The van der Waals surface area contributed by atoms with Gasteiger partial charge in [-0.05, 0) is 24.0 Å². The number of aromatic nitrogens is 1. The smallest absolute Gasteiger partial charge is 0.328 e. The molecule has 1 aromatic rings. The fourth-order valence-electron chi connectivity index (χ4n) is 1.75. The Labute approximate surface area is 154 Å². The summed E-state index contributed by atoms with van der Waals surface area (Å²) in [5.74, 6) is -1.01. The minimum Gasteiger partial charge on any atom is -0.468 e. The highest BCUT2D eigenvalue weighted by molar-refractivity contribution is 5.96. The fraction of sp³-hybridized carbons (Fsp3) is 0.556. The molecule has 2 unspecified atom stereocenters. The van der Waals surface area contributed by atoms with Crippen LogP contribution < -0.4 is 11.1 Å². The van der Waals surface area contributed by atoms with Gasteiger partial charge < -0.3 is 20.5 Å². The number of nitrogens with two attached hydrogens (primary N) is 1. The van der Waals surface area contributed by atoms with Crippen molar-refractivity contribution in [2.45, 2.75) is 39.8 Å². The molecule has 146 valence electrons. The molecule has 8 heteroatoms. The molecule has 0 bridgehead atoms. The zero-order valence-corrected chi connectivity index (χ0v) is 16.2. The van der Waals surface area contributed by atoms with Gasteiger partial charge in [0, 0.05) is 12.4 Å². The fourth-order valence-corrected chi connectivity index (χ4v) is 1.75. The van der Waals surface area contributed by atoms with E-state index >= 15 is 0 Å². The zero-order chi connectivity index (χ0) is 20.3. The van der Waals surface area contributed by atoms with Gasteiger partial charge in [-0.25, -0.2) is 4.79 Å². The topological polar surface area (TPSA) is 121 Å². The van der Waals surface area contributed by atoms with E-state index in [0.717, 1.165) is 0 Å². The van der Waals surface area contributed by atoms with Crippen LogP contribution in [0.3, 0.4) is 0 Å². The SMILES string of the molecule is COC(=O)C(N)C(C)C.COC(=O)C(NC(=O)c1cccnc1)C(C)C. The number of carbonyl (C=O) groups excluding carboxylic acids is 3. The Bertz CT molecular complexity index is 575. The lowest BCUT2D eigenvalue weighted by Gasteiger charge is -2.19. The average molecular weight is 367 g/mol. The normalized spacial score (nSPS) is 12.5. The molecule has 0 saturated heterocycles. The van der Waals surface area contributed by atoms with Crippen LogP contribution in [0, 0.1) is 11.8 Å². The summed E-state index contributed by atoms with van der Waals surface area (Å²) < 4.78 is 9.05. The quantitative estimate of drug-likeness (QED) is 0.724. The number of ether oxygens (including phenoxy) is 2. The first-order valence-corrected chi connectivity index (χ1v) is 8.27. The third kappa shape index (κ3) is 8.06. The first-order chi connectivity index (χ1) is 12.1. The second kappa shape index (κ2) is 12.0. The number of nitrogens with one attached hydrogen (secondary N) is 1. The minimum atomic E-state index is -0.646.